The lowest BCUT2D eigenvalue weighted by Crippen LogP contribution is -2.54. The highest BCUT2D eigenvalue weighted by Crippen LogP contribution is 2.33. The number of anilines is 1. The molecule has 0 aliphatic carbocycles. The normalized spacial score (nSPS) is 12.5. The van der Waals surface area contributed by atoms with Gasteiger partial charge in [0.25, 0.3) is 10.0 Å². The standard InChI is InChI=1S/C37H42ClN3O5S/c1-5-28(4)39-37(43)34(24-29-14-8-7-9-15-29)40(25-30-16-10-11-17-32(30)38)36(42)26-41(33-18-12-13-19-35(33)46-6-2)47(44,45)31-22-20-27(3)21-23-31/h7-23,28,34H,5-6,24-26H2,1-4H3,(H,39,43)/t28-,34-/m0/s1. The van der Waals surface area contributed by atoms with Gasteiger partial charge in [0.15, 0.2) is 0 Å². The van der Waals surface area contributed by atoms with Gasteiger partial charge in [-0.05, 0) is 68.7 Å². The number of benzene rings is 4. The highest BCUT2D eigenvalue weighted by atomic mass is 35.5. The number of rotatable bonds is 15. The third-order valence-corrected chi connectivity index (χ3v) is 10.0. The number of amides is 2. The van der Waals surface area contributed by atoms with Crippen LogP contribution in [0.1, 0.15) is 43.9 Å². The largest absolute Gasteiger partial charge is 0.492 e. The van der Waals surface area contributed by atoms with E-state index in [9.17, 15) is 18.0 Å². The van der Waals surface area contributed by atoms with Gasteiger partial charge in [-0.2, -0.15) is 0 Å². The van der Waals surface area contributed by atoms with Crippen LogP contribution in [0.3, 0.4) is 0 Å². The van der Waals surface area contributed by atoms with Gasteiger partial charge in [-0.3, -0.25) is 13.9 Å². The molecule has 0 unspecified atom stereocenters. The van der Waals surface area contributed by atoms with Crippen LogP contribution in [-0.2, 0) is 32.6 Å². The summed E-state index contributed by atoms with van der Waals surface area (Å²) in [6.45, 7) is 7.22. The van der Waals surface area contributed by atoms with Gasteiger partial charge >= 0.3 is 0 Å². The summed E-state index contributed by atoms with van der Waals surface area (Å²) in [5.74, 6) is -0.607. The number of nitrogens with zero attached hydrogens (tertiary/aromatic N) is 2. The van der Waals surface area contributed by atoms with Gasteiger partial charge in [0, 0.05) is 24.0 Å². The number of nitrogens with one attached hydrogen (secondary N) is 1. The van der Waals surface area contributed by atoms with Crippen LogP contribution in [-0.4, -0.2) is 50.4 Å². The third kappa shape index (κ3) is 9.14. The fraction of sp³-hybridized carbons (Fsp3) is 0.297. The molecule has 47 heavy (non-hydrogen) atoms. The zero-order valence-corrected chi connectivity index (χ0v) is 28.8. The minimum Gasteiger partial charge on any atom is -0.492 e. The quantitative estimate of drug-likeness (QED) is 0.150. The zero-order valence-electron chi connectivity index (χ0n) is 27.2. The van der Waals surface area contributed by atoms with Crippen LogP contribution in [0.4, 0.5) is 5.69 Å². The Morgan fingerprint density at radius 3 is 2.17 bits per heavy atom. The van der Waals surface area contributed by atoms with E-state index in [4.69, 9.17) is 16.3 Å². The topological polar surface area (TPSA) is 96.0 Å². The maximum absolute atomic E-state index is 14.7. The summed E-state index contributed by atoms with van der Waals surface area (Å²) in [7, 11) is -4.27. The predicted molar refractivity (Wildman–Crippen MR) is 187 cm³/mol. The van der Waals surface area contributed by atoms with Crippen LogP contribution in [0.25, 0.3) is 0 Å². The van der Waals surface area contributed by atoms with Crippen molar-refractivity contribution in [2.45, 2.75) is 64.1 Å². The lowest BCUT2D eigenvalue weighted by atomic mass is 10.0. The lowest BCUT2D eigenvalue weighted by molar-refractivity contribution is -0.140. The number of carbonyl (C=O) groups excluding carboxylic acids is 2. The molecule has 0 saturated carbocycles. The molecule has 0 spiro atoms. The molecule has 0 heterocycles. The van der Waals surface area contributed by atoms with Crippen LogP contribution in [0, 0.1) is 6.92 Å². The summed E-state index contributed by atoms with van der Waals surface area (Å²) < 4.78 is 35.6. The number of hydrogen-bond acceptors (Lipinski definition) is 5. The average molecular weight is 676 g/mol. The zero-order chi connectivity index (χ0) is 34.0. The molecule has 1 N–H and O–H groups in total. The van der Waals surface area contributed by atoms with E-state index in [1.807, 2.05) is 57.2 Å². The third-order valence-electron chi connectivity index (χ3n) is 7.89. The number of sulfonamides is 1. The monoisotopic (exact) mass is 675 g/mol. The fourth-order valence-electron chi connectivity index (χ4n) is 5.10. The first-order chi connectivity index (χ1) is 22.5. The Labute approximate surface area is 283 Å². The number of aryl methyl sites for hydroxylation is 1. The van der Waals surface area contributed by atoms with E-state index in [2.05, 4.69) is 5.32 Å². The van der Waals surface area contributed by atoms with Gasteiger partial charge in [0.2, 0.25) is 11.8 Å². The van der Waals surface area contributed by atoms with Crippen molar-refractivity contribution in [2.75, 3.05) is 17.5 Å². The van der Waals surface area contributed by atoms with Gasteiger partial charge in [0.1, 0.15) is 18.3 Å². The van der Waals surface area contributed by atoms with Crippen molar-refractivity contribution in [1.29, 1.82) is 0 Å². The maximum Gasteiger partial charge on any atom is 0.264 e. The molecular formula is C37H42ClN3O5S. The number of halogens is 1. The molecule has 0 aliphatic heterocycles. The van der Waals surface area contributed by atoms with E-state index in [1.165, 1.54) is 17.0 Å². The summed E-state index contributed by atoms with van der Waals surface area (Å²) in [6, 6.07) is 28.6. The van der Waals surface area contributed by atoms with Crippen molar-refractivity contribution >= 4 is 39.1 Å². The van der Waals surface area contributed by atoms with E-state index in [0.29, 0.717) is 22.8 Å². The van der Waals surface area contributed by atoms with Gasteiger partial charge in [-0.1, -0.05) is 96.9 Å². The molecular weight excluding hydrogens is 634 g/mol. The molecule has 0 radical (unpaired) electrons. The molecule has 2 atom stereocenters. The van der Waals surface area contributed by atoms with E-state index < -0.39 is 28.5 Å². The molecule has 8 nitrogen and oxygen atoms in total. The Morgan fingerprint density at radius 2 is 1.51 bits per heavy atom. The van der Waals surface area contributed by atoms with Gasteiger partial charge in [-0.25, -0.2) is 8.42 Å². The van der Waals surface area contributed by atoms with E-state index in [-0.39, 0.29) is 42.1 Å². The predicted octanol–water partition coefficient (Wildman–Crippen LogP) is 6.80. The molecule has 0 saturated heterocycles. The number of ether oxygens (including phenoxy) is 1. The van der Waals surface area contributed by atoms with Crippen molar-refractivity contribution in [1.82, 2.24) is 10.2 Å². The molecule has 4 rings (SSSR count). The summed E-state index contributed by atoms with van der Waals surface area (Å²) in [4.78, 5) is 30.1. The van der Waals surface area contributed by atoms with Crippen LogP contribution in [0.15, 0.2) is 108 Å². The van der Waals surface area contributed by atoms with Gasteiger partial charge < -0.3 is 15.0 Å². The fourth-order valence-corrected chi connectivity index (χ4v) is 6.72. The Balaban J connectivity index is 1.85. The van der Waals surface area contributed by atoms with Crippen LogP contribution < -0.4 is 14.4 Å². The molecule has 2 amide bonds. The average Bonchev–Trinajstić information content (AvgIpc) is 3.07. The highest BCUT2D eigenvalue weighted by Gasteiger charge is 2.36. The number of carbonyl (C=O) groups is 2. The first kappa shape index (κ1) is 35.5. The van der Waals surface area contributed by atoms with Crippen molar-refractivity contribution in [3.63, 3.8) is 0 Å². The van der Waals surface area contributed by atoms with Crippen molar-refractivity contribution in [3.8, 4) is 5.75 Å². The summed E-state index contributed by atoms with van der Waals surface area (Å²) >= 11 is 6.59. The molecule has 248 valence electrons. The smallest absolute Gasteiger partial charge is 0.264 e. The molecule has 0 bridgehead atoms. The lowest BCUT2D eigenvalue weighted by Gasteiger charge is -2.34. The molecule has 0 aromatic heterocycles. The summed E-state index contributed by atoms with van der Waals surface area (Å²) in [6.07, 6.45) is 0.901. The first-order valence-corrected chi connectivity index (χ1v) is 17.5. The molecule has 4 aromatic rings. The molecule has 0 aliphatic rings. The minimum absolute atomic E-state index is 0.0184. The van der Waals surface area contributed by atoms with Crippen molar-refractivity contribution < 1.29 is 22.7 Å². The van der Waals surface area contributed by atoms with E-state index >= 15 is 0 Å². The molecule has 0 fully saturated rings. The number of para-hydroxylation sites is 2. The van der Waals surface area contributed by atoms with Gasteiger partial charge in [0.05, 0.1) is 17.2 Å². The Bertz CT molecular complexity index is 1750. The second-order valence-corrected chi connectivity index (χ2v) is 13.6. The first-order valence-electron chi connectivity index (χ1n) is 15.7. The van der Waals surface area contributed by atoms with Crippen LogP contribution >= 0.6 is 11.6 Å². The van der Waals surface area contributed by atoms with Gasteiger partial charge in [-0.15, -0.1) is 0 Å². The van der Waals surface area contributed by atoms with Crippen molar-refractivity contribution in [2.24, 2.45) is 0 Å². The Morgan fingerprint density at radius 1 is 0.872 bits per heavy atom. The van der Waals surface area contributed by atoms with Crippen LogP contribution in [0.5, 0.6) is 5.75 Å². The highest BCUT2D eigenvalue weighted by molar-refractivity contribution is 7.92. The van der Waals surface area contributed by atoms with Crippen LogP contribution in [0.2, 0.25) is 5.02 Å². The minimum atomic E-state index is -4.27. The van der Waals surface area contributed by atoms with E-state index in [0.717, 1.165) is 15.4 Å². The Hall–Kier alpha value is -4.34. The summed E-state index contributed by atoms with van der Waals surface area (Å²) in [5.41, 5.74) is 2.58. The second kappa shape index (κ2) is 16.5. The summed E-state index contributed by atoms with van der Waals surface area (Å²) in [5, 5.41) is 3.47. The maximum atomic E-state index is 14.7. The Kier molecular flexibility index (Phi) is 12.4. The molecule has 4 aromatic carbocycles. The number of hydrogen-bond donors (Lipinski definition) is 1. The second-order valence-electron chi connectivity index (χ2n) is 11.4. The van der Waals surface area contributed by atoms with E-state index in [1.54, 1.807) is 61.5 Å². The molecule has 10 heteroatoms. The SMILES string of the molecule is CCOc1ccccc1N(CC(=O)N(Cc1ccccc1Cl)[C@@H](Cc1ccccc1)C(=O)N[C@@H](C)CC)S(=O)(=O)c1ccc(C)cc1. The van der Waals surface area contributed by atoms with Crippen molar-refractivity contribution in [3.05, 3.63) is 125 Å².